The standard InChI is InChI=1S/C17H15ClFNO/c18-11-3-1-10(2-4-11)16-13-7-8-21-17(13)14-9-12(19)5-6-15(14)20-16/h1-6,9,13,16-17,20H,7-8H2/t13-,16-,17-/m0/s1. The highest BCUT2D eigenvalue weighted by molar-refractivity contribution is 6.30. The second-order valence-corrected chi connectivity index (χ2v) is 6.09. The van der Waals surface area contributed by atoms with Gasteiger partial charge in [-0.3, -0.25) is 0 Å². The molecular formula is C17H15ClFNO. The van der Waals surface area contributed by atoms with Crippen LogP contribution in [0.2, 0.25) is 5.02 Å². The second-order valence-electron chi connectivity index (χ2n) is 5.65. The van der Waals surface area contributed by atoms with Gasteiger partial charge in [0.05, 0.1) is 12.1 Å². The summed E-state index contributed by atoms with van der Waals surface area (Å²) in [5.41, 5.74) is 3.08. The number of fused-ring (bicyclic) bond motifs is 3. The van der Waals surface area contributed by atoms with Gasteiger partial charge in [0.2, 0.25) is 0 Å². The molecule has 2 aliphatic rings. The molecule has 21 heavy (non-hydrogen) atoms. The minimum Gasteiger partial charge on any atom is -0.378 e. The summed E-state index contributed by atoms with van der Waals surface area (Å²) < 4.78 is 19.4. The Morgan fingerprint density at radius 2 is 1.95 bits per heavy atom. The molecule has 0 spiro atoms. The maximum absolute atomic E-state index is 13.5. The molecule has 2 heterocycles. The molecule has 2 aromatic rings. The quantitative estimate of drug-likeness (QED) is 0.823. The molecule has 0 saturated carbocycles. The molecule has 108 valence electrons. The number of anilines is 1. The van der Waals surface area contributed by atoms with Crippen LogP contribution in [0.25, 0.3) is 0 Å². The Balaban J connectivity index is 1.77. The normalized spacial score (nSPS) is 26.9. The lowest BCUT2D eigenvalue weighted by molar-refractivity contribution is 0.0826. The maximum atomic E-state index is 13.5. The molecule has 4 heteroatoms. The molecule has 2 aromatic carbocycles. The monoisotopic (exact) mass is 303 g/mol. The average Bonchev–Trinajstić information content (AvgIpc) is 2.97. The van der Waals surface area contributed by atoms with E-state index in [9.17, 15) is 4.39 Å². The molecule has 2 aliphatic heterocycles. The van der Waals surface area contributed by atoms with Crippen LogP contribution in [0.4, 0.5) is 10.1 Å². The number of benzene rings is 2. The van der Waals surface area contributed by atoms with Gasteiger partial charge >= 0.3 is 0 Å². The van der Waals surface area contributed by atoms with Crippen LogP contribution in [0, 0.1) is 11.7 Å². The molecule has 0 amide bonds. The van der Waals surface area contributed by atoms with E-state index in [0.717, 1.165) is 29.3 Å². The van der Waals surface area contributed by atoms with Gasteiger partial charge in [0.25, 0.3) is 0 Å². The molecule has 4 rings (SSSR count). The van der Waals surface area contributed by atoms with Crippen molar-refractivity contribution in [3.8, 4) is 0 Å². The fourth-order valence-corrected chi connectivity index (χ4v) is 3.57. The number of nitrogens with one attached hydrogen (secondary N) is 1. The Morgan fingerprint density at radius 1 is 1.14 bits per heavy atom. The van der Waals surface area contributed by atoms with Crippen molar-refractivity contribution in [2.24, 2.45) is 5.92 Å². The molecule has 0 aromatic heterocycles. The second kappa shape index (κ2) is 5.00. The summed E-state index contributed by atoms with van der Waals surface area (Å²) in [6, 6.07) is 12.9. The van der Waals surface area contributed by atoms with Crippen LogP contribution in [-0.4, -0.2) is 6.61 Å². The highest BCUT2D eigenvalue weighted by Gasteiger charge is 2.41. The lowest BCUT2D eigenvalue weighted by Gasteiger charge is -2.36. The third kappa shape index (κ3) is 2.21. The summed E-state index contributed by atoms with van der Waals surface area (Å²) in [7, 11) is 0. The van der Waals surface area contributed by atoms with Crippen molar-refractivity contribution >= 4 is 17.3 Å². The molecule has 0 bridgehead atoms. The van der Waals surface area contributed by atoms with E-state index < -0.39 is 0 Å². The van der Waals surface area contributed by atoms with E-state index in [1.54, 1.807) is 12.1 Å². The van der Waals surface area contributed by atoms with Crippen LogP contribution in [0.3, 0.4) is 0 Å². The highest BCUT2D eigenvalue weighted by atomic mass is 35.5. The number of hydrogen-bond acceptors (Lipinski definition) is 2. The highest BCUT2D eigenvalue weighted by Crippen LogP contribution is 2.49. The minimum absolute atomic E-state index is 0.0300. The zero-order valence-corrected chi connectivity index (χ0v) is 12.1. The van der Waals surface area contributed by atoms with Crippen LogP contribution in [-0.2, 0) is 4.74 Å². The van der Waals surface area contributed by atoms with Gasteiger partial charge in [-0.25, -0.2) is 4.39 Å². The summed E-state index contributed by atoms with van der Waals surface area (Å²) in [5, 5.41) is 4.27. The van der Waals surface area contributed by atoms with Crippen molar-refractivity contribution in [2.45, 2.75) is 18.6 Å². The van der Waals surface area contributed by atoms with E-state index in [0.29, 0.717) is 5.92 Å². The number of rotatable bonds is 1. The van der Waals surface area contributed by atoms with Crippen molar-refractivity contribution < 1.29 is 9.13 Å². The largest absolute Gasteiger partial charge is 0.378 e. The Kier molecular flexibility index (Phi) is 3.12. The fraction of sp³-hybridized carbons (Fsp3) is 0.294. The Hall–Kier alpha value is -1.58. The van der Waals surface area contributed by atoms with Crippen LogP contribution < -0.4 is 5.32 Å². The summed E-state index contributed by atoms with van der Waals surface area (Å²) >= 11 is 5.97. The van der Waals surface area contributed by atoms with Crippen LogP contribution in [0.15, 0.2) is 42.5 Å². The third-order valence-corrected chi connectivity index (χ3v) is 4.68. The first-order chi connectivity index (χ1) is 10.2. The first kappa shape index (κ1) is 13.1. The molecule has 2 nitrogen and oxygen atoms in total. The molecular weight excluding hydrogens is 289 g/mol. The van der Waals surface area contributed by atoms with E-state index >= 15 is 0 Å². The molecule has 3 atom stereocenters. The number of halogens is 2. The molecule has 1 saturated heterocycles. The van der Waals surface area contributed by atoms with Crippen molar-refractivity contribution in [3.05, 3.63) is 64.4 Å². The van der Waals surface area contributed by atoms with Gasteiger partial charge in [-0.05, 0) is 42.3 Å². The maximum Gasteiger partial charge on any atom is 0.123 e. The van der Waals surface area contributed by atoms with E-state index in [4.69, 9.17) is 16.3 Å². The Labute approximate surface area is 127 Å². The van der Waals surface area contributed by atoms with Crippen LogP contribution in [0.1, 0.15) is 29.7 Å². The topological polar surface area (TPSA) is 21.3 Å². The van der Waals surface area contributed by atoms with Crippen LogP contribution >= 0.6 is 11.6 Å². The summed E-state index contributed by atoms with van der Waals surface area (Å²) in [5.74, 6) is 0.107. The van der Waals surface area contributed by atoms with E-state index in [1.165, 1.54) is 11.6 Å². The Bertz CT molecular complexity index is 673. The predicted molar refractivity (Wildman–Crippen MR) is 81.0 cm³/mol. The fourth-order valence-electron chi connectivity index (χ4n) is 3.44. The third-order valence-electron chi connectivity index (χ3n) is 4.43. The van der Waals surface area contributed by atoms with Gasteiger partial charge in [-0.2, -0.15) is 0 Å². The van der Waals surface area contributed by atoms with Crippen molar-refractivity contribution in [3.63, 3.8) is 0 Å². The van der Waals surface area contributed by atoms with Gasteiger partial charge in [-0.1, -0.05) is 23.7 Å². The zero-order valence-electron chi connectivity index (χ0n) is 11.4. The lowest BCUT2D eigenvalue weighted by Crippen LogP contribution is -2.29. The first-order valence-electron chi connectivity index (χ1n) is 7.15. The van der Waals surface area contributed by atoms with E-state index in [2.05, 4.69) is 5.32 Å². The van der Waals surface area contributed by atoms with Gasteiger partial charge in [-0.15, -0.1) is 0 Å². The van der Waals surface area contributed by atoms with Crippen molar-refractivity contribution in [2.75, 3.05) is 11.9 Å². The van der Waals surface area contributed by atoms with Gasteiger partial charge in [0.1, 0.15) is 5.82 Å². The van der Waals surface area contributed by atoms with Gasteiger partial charge < -0.3 is 10.1 Å². The molecule has 1 N–H and O–H groups in total. The Morgan fingerprint density at radius 3 is 2.76 bits per heavy atom. The van der Waals surface area contributed by atoms with Gasteiger partial charge in [0, 0.05) is 28.8 Å². The van der Waals surface area contributed by atoms with Gasteiger partial charge in [0.15, 0.2) is 0 Å². The zero-order chi connectivity index (χ0) is 14.4. The summed E-state index contributed by atoms with van der Waals surface area (Å²) in [6.07, 6.45) is 0.943. The molecule has 0 radical (unpaired) electrons. The average molecular weight is 304 g/mol. The molecule has 0 aliphatic carbocycles. The van der Waals surface area contributed by atoms with E-state index in [-0.39, 0.29) is 18.0 Å². The SMILES string of the molecule is Fc1ccc2c(c1)[C@H]1OCC[C@H]1[C@H](c1ccc(Cl)cc1)N2. The number of hydrogen-bond donors (Lipinski definition) is 1. The van der Waals surface area contributed by atoms with Crippen molar-refractivity contribution in [1.82, 2.24) is 0 Å². The van der Waals surface area contributed by atoms with Crippen molar-refractivity contribution in [1.29, 1.82) is 0 Å². The molecule has 0 unspecified atom stereocenters. The molecule has 1 fully saturated rings. The minimum atomic E-state index is -0.213. The van der Waals surface area contributed by atoms with Crippen LogP contribution in [0.5, 0.6) is 0 Å². The smallest absolute Gasteiger partial charge is 0.123 e. The summed E-state index contributed by atoms with van der Waals surface area (Å²) in [4.78, 5) is 0. The number of ether oxygens (including phenoxy) is 1. The lowest BCUT2D eigenvalue weighted by atomic mass is 9.81. The first-order valence-corrected chi connectivity index (χ1v) is 7.53. The summed E-state index contributed by atoms with van der Waals surface area (Å²) in [6.45, 7) is 0.719. The van der Waals surface area contributed by atoms with E-state index in [1.807, 2.05) is 24.3 Å². The predicted octanol–water partition coefficient (Wildman–Crippen LogP) is 4.72.